The average Bonchev–Trinajstić information content (AvgIpc) is 3.04. The Morgan fingerprint density at radius 2 is 2.00 bits per heavy atom. The second-order valence-corrected chi connectivity index (χ2v) is 6.38. The predicted octanol–water partition coefficient (Wildman–Crippen LogP) is 0.763. The number of hydrogen-bond donors (Lipinski definition) is 0. The van der Waals surface area contributed by atoms with Crippen LogP contribution in [0.1, 0.15) is 31.5 Å². The van der Waals surface area contributed by atoms with Crippen LogP contribution in [-0.2, 0) is 24.4 Å². The molecule has 3 aliphatic rings. The van der Waals surface area contributed by atoms with E-state index in [1.165, 1.54) is 12.8 Å². The zero-order chi connectivity index (χ0) is 14.4. The standard InChI is InChI=1S/C15H20N4O2/c20-14(12-3-1-2-4-12)17-7-8-18-13(10-17)16-19(15(18)21)9-11-5-6-11/h1-2,11-12H,3-10H2. The van der Waals surface area contributed by atoms with Gasteiger partial charge in [-0.3, -0.25) is 9.36 Å². The van der Waals surface area contributed by atoms with Crippen LogP contribution in [0.15, 0.2) is 16.9 Å². The van der Waals surface area contributed by atoms with Crippen molar-refractivity contribution in [2.75, 3.05) is 6.54 Å². The van der Waals surface area contributed by atoms with E-state index in [9.17, 15) is 9.59 Å². The summed E-state index contributed by atoms with van der Waals surface area (Å²) < 4.78 is 3.33. The van der Waals surface area contributed by atoms with Crippen LogP contribution in [0, 0.1) is 11.8 Å². The van der Waals surface area contributed by atoms with E-state index in [1.807, 2.05) is 4.90 Å². The van der Waals surface area contributed by atoms with E-state index in [1.54, 1.807) is 9.25 Å². The Morgan fingerprint density at radius 1 is 1.24 bits per heavy atom. The number of fused-ring (bicyclic) bond motifs is 1. The second kappa shape index (κ2) is 4.86. The van der Waals surface area contributed by atoms with Crippen LogP contribution in [0.2, 0.25) is 0 Å². The van der Waals surface area contributed by atoms with Gasteiger partial charge in [-0.25, -0.2) is 9.48 Å². The summed E-state index contributed by atoms with van der Waals surface area (Å²) in [5.41, 5.74) is -0.00784. The van der Waals surface area contributed by atoms with Gasteiger partial charge in [0.15, 0.2) is 5.82 Å². The zero-order valence-corrected chi connectivity index (χ0v) is 12.1. The van der Waals surface area contributed by atoms with Crippen LogP contribution in [-0.4, -0.2) is 31.7 Å². The summed E-state index contributed by atoms with van der Waals surface area (Å²) in [4.78, 5) is 26.6. The van der Waals surface area contributed by atoms with Crippen LogP contribution >= 0.6 is 0 Å². The summed E-state index contributed by atoms with van der Waals surface area (Å²) in [6.45, 7) is 2.41. The van der Waals surface area contributed by atoms with E-state index < -0.39 is 0 Å². The Balaban J connectivity index is 1.51. The van der Waals surface area contributed by atoms with Crippen molar-refractivity contribution in [1.82, 2.24) is 19.2 Å². The lowest BCUT2D eigenvalue weighted by molar-refractivity contribution is -0.136. The van der Waals surface area contributed by atoms with Crippen molar-refractivity contribution < 1.29 is 4.79 Å². The van der Waals surface area contributed by atoms with Crippen LogP contribution in [0.5, 0.6) is 0 Å². The largest absolute Gasteiger partial charge is 0.346 e. The Kier molecular flexibility index (Phi) is 2.97. The maximum Gasteiger partial charge on any atom is 0.346 e. The minimum absolute atomic E-state index is 0.00784. The van der Waals surface area contributed by atoms with Crippen LogP contribution in [0.3, 0.4) is 0 Å². The highest BCUT2D eigenvalue weighted by Crippen LogP contribution is 2.30. The van der Waals surface area contributed by atoms with Gasteiger partial charge in [0.2, 0.25) is 5.91 Å². The molecule has 112 valence electrons. The van der Waals surface area contributed by atoms with E-state index >= 15 is 0 Å². The highest BCUT2D eigenvalue weighted by Gasteiger charge is 2.31. The molecule has 0 atom stereocenters. The third kappa shape index (κ3) is 2.32. The topological polar surface area (TPSA) is 60.1 Å². The second-order valence-electron chi connectivity index (χ2n) is 6.38. The fourth-order valence-corrected chi connectivity index (χ4v) is 3.23. The highest BCUT2D eigenvalue weighted by molar-refractivity contribution is 5.79. The molecule has 1 aromatic rings. The summed E-state index contributed by atoms with van der Waals surface area (Å²) in [5.74, 6) is 1.67. The number of hydrogen-bond acceptors (Lipinski definition) is 3. The first-order valence-electron chi connectivity index (χ1n) is 7.82. The average molecular weight is 288 g/mol. The molecule has 2 heterocycles. The summed E-state index contributed by atoms with van der Waals surface area (Å²) in [6, 6.07) is 0. The van der Waals surface area contributed by atoms with Crippen LogP contribution in [0.4, 0.5) is 0 Å². The number of carbonyl (C=O) groups excluding carboxylic acids is 1. The summed E-state index contributed by atoms with van der Waals surface area (Å²) in [6.07, 6.45) is 8.25. The Hall–Kier alpha value is -1.85. The van der Waals surface area contributed by atoms with Crippen molar-refractivity contribution >= 4 is 5.91 Å². The van der Waals surface area contributed by atoms with Crippen molar-refractivity contribution in [2.45, 2.75) is 45.3 Å². The van der Waals surface area contributed by atoms with E-state index in [2.05, 4.69) is 17.3 Å². The molecule has 2 aliphatic carbocycles. The van der Waals surface area contributed by atoms with Crippen molar-refractivity contribution in [1.29, 1.82) is 0 Å². The smallest absolute Gasteiger partial charge is 0.333 e. The molecule has 6 nitrogen and oxygen atoms in total. The van der Waals surface area contributed by atoms with Crippen molar-refractivity contribution in [3.63, 3.8) is 0 Å². The number of allylic oxidation sites excluding steroid dienone is 2. The quantitative estimate of drug-likeness (QED) is 0.772. The molecule has 1 aliphatic heterocycles. The lowest BCUT2D eigenvalue weighted by Crippen LogP contribution is -2.43. The maximum atomic E-state index is 12.5. The molecule has 0 saturated heterocycles. The molecule has 0 bridgehead atoms. The Labute approximate surface area is 123 Å². The first kappa shape index (κ1) is 12.9. The predicted molar refractivity (Wildman–Crippen MR) is 76.5 cm³/mol. The number of carbonyl (C=O) groups is 1. The summed E-state index contributed by atoms with van der Waals surface area (Å²) >= 11 is 0. The molecular weight excluding hydrogens is 268 g/mol. The summed E-state index contributed by atoms with van der Waals surface area (Å²) in [7, 11) is 0. The zero-order valence-electron chi connectivity index (χ0n) is 12.1. The molecule has 1 aromatic heterocycles. The monoisotopic (exact) mass is 288 g/mol. The third-order valence-electron chi connectivity index (χ3n) is 4.72. The number of aromatic nitrogens is 3. The lowest BCUT2D eigenvalue weighted by Gasteiger charge is -2.28. The molecule has 0 N–H and O–H groups in total. The molecule has 1 fully saturated rings. The van der Waals surface area contributed by atoms with E-state index in [4.69, 9.17) is 0 Å². The van der Waals surface area contributed by atoms with E-state index in [-0.39, 0.29) is 17.5 Å². The van der Waals surface area contributed by atoms with Gasteiger partial charge in [0.05, 0.1) is 6.54 Å². The van der Waals surface area contributed by atoms with Crippen LogP contribution < -0.4 is 5.69 Å². The molecule has 0 spiro atoms. The fourth-order valence-electron chi connectivity index (χ4n) is 3.23. The molecule has 0 radical (unpaired) electrons. The van der Waals surface area contributed by atoms with Gasteiger partial charge in [0, 0.05) is 25.6 Å². The third-order valence-corrected chi connectivity index (χ3v) is 4.72. The summed E-state index contributed by atoms with van der Waals surface area (Å²) in [5, 5.41) is 4.45. The first-order chi connectivity index (χ1) is 10.2. The molecular formula is C15H20N4O2. The van der Waals surface area contributed by atoms with Gasteiger partial charge in [0.1, 0.15) is 0 Å². The van der Waals surface area contributed by atoms with Gasteiger partial charge in [-0.05, 0) is 31.6 Å². The van der Waals surface area contributed by atoms with Crippen molar-refractivity contribution in [3.05, 3.63) is 28.5 Å². The number of amides is 1. The normalized spacial score (nSPS) is 21.8. The minimum Gasteiger partial charge on any atom is -0.333 e. The van der Waals surface area contributed by atoms with Crippen molar-refractivity contribution in [2.24, 2.45) is 11.8 Å². The van der Waals surface area contributed by atoms with Gasteiger partial charge >= 0.3 is 5.69 Å². The van der Waals surface area contributed by atoms with Gasteiger partial charge < -0.3 is 4.90 Å². The molecule has 1 amide bonds. The van der Waals surface area contributed by atoms with Crippen molar-refractivity contribution in [3.8, 4) is 0 Å². The van der Waals surface area contributed by atoms with Gasteiger partial charge in [-0.2, -0.15) is 5.10 Å². The molecule has 4 rings (SSSR count). The molecule has 0 unspecified atom stereocenters. The maximum absolute atomic E-state index is 12.5. The lowest BCUT2D eigenvalue weighted by atomic mass is 10.1. The number of rotatable bonds is 3. The van der Waals surface area contributed by atoms with Crippen LogP contribution in [0.25, 0.3) is 0 Å². The van der Waals surface area contributed by atoms with Gasteiger partial charge in [-0.15, -0.1) is 0 Å². The number of nitrogens with zero attached hydrogens (tertiary/aromatic N) is 4. The SMILES string of the molecule is O=C(C1CC=CC1)N1CCn2c(nn(CC3CC3)c2=O)C1. The van der Waals surface area contributed by atoms with E-state index in [0.29, 0.717) is 25.6 Å². The fraction of sp³-hybridized carbons (Fsp3) is 0.667. The first-order valence-corrected chi connectivity index (χ1v) is 7.82. The molecule has 21 heavy (non-hydrogen) atoms. The Morgan fingerprint density at radius 3 is 2.71 bits per heavy atom. The molecule has 6 heteroatoms. The highest BCUT2D eigenvalue weighted by atomic mass is 16.2. The molecule has 0 aromatic carbocycles. The minimum atomic E-state index is -0.00784. The van der Waals surface area contributed by atoms with Gasteiger partial charge in [-0.1, -0.05) is 12.2 Å². The molecule has 1 saturated carbocycles. The Bertz CT molecular complexity index is 645. The van der Waals surface area contributed by atoms with Gasteiger partial charge in [0.25, 0.3) is 0 Å². The van der Waals surface area contributed by atoms with E-state index in [0.717, 1.165) is 25.2 Å².